The number of fused-ring (bicyclic) bond motifs is 1. The van der Waals surface area contributed by atoms with Gasteiger partial charge in [-0.3, -0.25) is 24.7 Å². The minimum atomic E-state index is -0.639. The van der Waals surface area contributed by atoms with E-state index in [0.717, 1.165) is 11.1 Å². The van der Waals surface area contributed by atoms with Crippen molar-refractivity contribution in [1.29, 1.82) is 0 Å². The van der Waals surface area contributed by atoms with Crippen molar-refractivity contribution in [3.63, 3.8) is 0 Å². The number of hydrogen-bond donors (Lipinski definition) is 3. The lowest BCUT2D eigenvalue weighted by Crippen LogP contribution is -2.52. The number of nitrogens with zero attached hydrogens (tertiary/aromatic N) is 2. The summed E-state index contributed by atoms with van der Waals surface area (Å²) in [6.07, 6.45) is 3.72. The zero-order valence-corrected chi connectivity index (χ0v) is 15.5. The summed E-state index contributed by atoms with van der Waals surface area (Å²) >= 11 is 0. The van der Waals surface area contributed by atoms with Crippen LogP contribution in [0.4, 0.5) is 10.5 Å². The standard InChI is InChI=1S/C20H19N5O4/c26-17-4-3-16(18(27)24-17)25-11-13-9-12(1-2-15(13)19(25)28)10-22-20(29)23-14-5-7-21-8-6-14/h1-2,5-9,16H,3-4,10-11H2,(H,24,26,27)(H2,21,22,23,29). The maximum Gasteiger partial charge on any atom is 0.319 e. The number of anilines is 1. The van der Waals surface area contributed by atoms with Crippen LogP contribution in [0.2, 0.25) is 0 Å². The molecular formula is C20H19N5O4. The van der Waals surface area contributed by atoms with Crippen molar-refractivity contribution in [3.8, 4) is 0 Å². The van der Waals surface area contributed by atoms with Crippen molar-refractivity contribution in [3.05, 3.63) is 59.4 Å². The lowest BCUT2D eigenvalue weighted by atomic mass is 10.0. The smallest absolute Gasteiger partial charge is 0.319 e. The van der Waals surface area contributed by atoms with Crippen LogP contribution in [0, 0.1) is 0 Å². The highest BCUT2D eigenvalue weighted by atomic mass is 16.2. The van der Waals surface area contributed by atoms with E-state index < -0.39 is 11.9 Å². The minimum Gasteiger partial charge on any atom is -0.334 e. The fourth-order valence-corrected chi connectivity index (χ4v) is 3.53. The van der Waals surface area contributed by atoms with Crippen LogP contribution in [0.1, 0.15) is 34.3 Å². The molecule has 2 aromatic rings. The first-order chi connectivity index (χ1) is 14.0. The van der Waals surface area contributed by atoms with Crippen LogP contribution in [-0.4, -0.2) is 39.7 Å². The summed E-state index contributed by atoms with van der Waals surface area (Å²) in [7, 11) is 0. The third-order valence-electron chi connectivity index (χ3n) is 4.98. The number of nitrogens with one attached hydrogen (secondary N) is 3. The molecule has 1 saturated heterocycles. The highest BCUT2D eigenvalue weighted by molar-refractivity contribution is 6.05. The number of pyridine rings is 1. The van der Waals surface area contributed by atoms with Crippen molar-refractivity contribution in [1.82, 2.24) is 20.5 Å². The average molecular weight is 393 g/mol. The SMILES string of the molecule is O=C1CCC(N2Cc3cc(CNC(=O)Nc4ccncc4)ccc3C2=O)C(=O)N1. The summed E-state index contributed by atoms with van der Waals surface area (Å²) in [5, 5.41) is 7.76. The van der Waals surface area contributed by atoms with Gasteiger partial charge in [0.05, 0.1) is 0 Å². The summed E-state index contributed by atoms with van der Waals surface area (Å²) in [6, 6.07) is 7.72. The molecule has 2 aliphatic rings. The summed E-state index contributed by atoms with van der Waals surface area (Å²) in [6.45, 7) is 0.592. The zero-order valence-electron chi connectivity index (χ0n) is 15.5. The van der Waals surface area contributed by atoms with E-state index in [-0.39, 0.29) is 30.8 Å². The molecule has 0 aliphatic carbocycles. The Morgan fingerprint density at radius 1 is 1.17 bits per heavy atom. The summed E-state index contributed by atoms with van der Waals surface area (Å²) in [5.74, 6) is -0.963. The Bertz CT molecular complexity index is 992. The molecule has 1 atom stereocenters. The molecule has 5 amide bonds. The van der Waals surface area contributed by atoms with Crippen LogP contribution in [0.5, 0.6) is 0 Å². The van der Waals surface area contributed by atoms with E-state index in [9.17, 15) is 19.2 Å². The fourth-order valence-electron chi connectivity index (χ4n) is 3.53. The van der Waals surface area contributed by atoms with Crippen LogP contribution in [0.3, 0.4) is 0 Å². The van der Waals surface area contributed by atoms with E-state index in [4.69, 9.17) is 0 Å². The Kier molecular flexibility index (Phi) is 4.94. The van der Waals surface area contributed by atoms with Crippen LogP contribution in [0.15, 0.2) is 42.7 Å². The average Bonchev–Trinajstić information content (AvgIpc) is 3.03. The van der Waals surface area contributed by atoms with Crippen molar-refractivity contribution in [2.75, 3.05) is 5.32 Å². The van der Waals surface area contributed by atoms with Gasteiger partial charge in [0, 0.05) is 43.2 Å². The molecule has 148 valence electrons. The largest absolute Gasteiger partial charge is 0.334 e. The molecule has 3 N–H and O–H groups in total. The molecule has 9 heteroatoms. The van der Waals surface area contributed by atoms with E-state index in [1.54, 1.807) is 36.7 Å². The molecule has 0 saturated carbocycles. The quantitative estimate of drug-likeness (QED) is 0.674. The normalized spacial score (nSPS) is 18.3. The number of imide groups is 1. The van der Waals surface area contributed by atoms with E-state index in [2.05, 4.69) is 20.9 Å². The Hall–Kier alpha value is -3.75. The molecule has 1 aromatic heterocycles. The zero-order chi connectivity index (χ0) is 20.4. The highest BCUT2D eigenvalue weighted by Gasteiger charge is 2.38. The number of hydrogen-bond acceptors (Lipinski definition) is 5. The third kappa shape index (κ3) is 3.93. The predicted octanol–water partition coefficient (Wildman–Crippen LogP) is 1.16. The maximum atomic E-state index is 12.7. The van der Waals surface area contributed by atoms with Crippen molar-refractivity contribution < 1.29 is 19.2 Å². The molecule has 0 radical (unpaired) electrons. The van der Waals surface area contributed by atoms with Gasteiger partial charge < -0.3 is 15.5 Å². The van der Waals surface area contributed by atoms with E-state index >= 15 is 0 Å². The van der Waals surface area contributed by atoms with Gasteiger partial charge in [0.15, 0.2) is 0 Å². The topological polar surface area (TPSA) is 120 Å². The predicted molar refractivity (Wildman–Crippen MR) is 103 cm³/mol. The number of rotatable bonds is 4. The Balaban J connectivity index is 1.39. The Morgan fingerprint density at radius 2 is 1.97 bits per heavy atom. The molecule has 0 spiro atoms. The van der Waals surface area contributed by atoms with Crippen LogP contribution in [0.25, 0.3) is 0 Å². The molecule has 0 bridgehead atoms. The van der Waals surface area contributed by atoms with Gasteiger partial charge >= 0.3 is 6.03 Å². The lowest BCUT2D eigenvalue weighted by molar-refractivity contribution is -0.136. The Labute approximate surface area is 166 Å². The molecule has 3 heterocycles. The molecular weight excluding hydrogens is 374 g/mol. The van der Waals surface area contributed by atoms with Crippen molar-refractivity contribution in [2.45, 2.75) is 32.0 Å². The molecule has 2 aliphatic heterocycles. The number of aromatic nitrogens is 1. The van der Waals surface area contributed by atoms with Crippen molar-refractivity contribution >= 4 is 29.4 Å². The summed E-state index contributed by atoms with van der Waals surface area (Å²) < 4.78 is 0. The summed E-state index contributed by atoms with van der Waals surface area (Å²) in [4.78, 5) is 53.5. The molecule has 4 rings (SSSR count). The fraction of sp³-hybridized carbons (Fsp3) is 0.250. The number of benzene rings is 1. The van der Waals surface area contributed by atoms with Gasteiger partial charge in [-0.15, -0.1) is 0 Å². The maximum absolute atomic E-state index is 12.7. The second kappa shape index (κ2) is 7.70. The summed E-state index contributed by atoms with van der Waals surface area (Å²) in [5.41, 5.74) is 2.82. The molecule has 9 nitrogen and oxygen atoms in total. The number of carbonyl (C=O) groups is 4. The van der Waals surface area contributed by atoms with Crippen LogP contribution < -0.4 is 16.0 Å². The monoisotopic (exact) mass is 393 g/mol. The van der Waals surface area contributed by atoms with Crippen LogP contribution >= 0.6 is 0 Å². The second-order valence-electron chi connectivity index (χ2n) is 6.94. The van der Waals surface area contributed by atoms with E-state index in [0.29, 0.717) is 24.2 Å². The highest BCUT2D eigenvalue weighted by Crippen LogP contribution is 2.28. The van der Waals surface area contributed by atoms with Gasteiger partial charge in [-0.25, -0.2) is 4.79 Å². The minimum absolute atomic E-state index is 0.218. The molecule has 29 heavy (non-hydrogen) atoms. The first-order valence-electron chi connectivity index (χ1n) is 9.22. The lowest BCUT2D eigenvalue weighted by Gasteiger charge is -2.29. The first kappa shape index (κ1) is 18.6. The molecule has 1 aromatic carbocycles. The van der Waals surface area contributed by atoms with Gasteiger partial charge in [0.1, 0.15) is 6.04 Å². The second-order valence-corrected chi connectivity index (χ2v) is 6.94. The first-order valence-corrected chi connectivity index (χ1v) is 9.22. The molecule has 1 unspecified atom stereocenters. The van der Waals surface area contributed by atoms with Gasteiger partial charge in [0.25, 0.3) is 5.91 Å². The number of amides is 5. The number of urea groups is 1. The van der Waals surface area contributed by atoms with Gasteiger partial charge in [-0.05, 0) is 35.7 Å². The van der Waals surface area contributed by atoms with Gasteiger partial charge in [-0.2, -0.15) is 0 Å². The molecule has 1 fully saturated rings. The number of piperidine rings is 1. The van der Waals surface area contributed by atoms with E-state index in [1.165, 1.54) is 4.90 Å². The van der Waals surface area contributed by atoms with Gasteiger partial charge in [-0.1, -0.05) is 12.1 Å². The Morgan fingerprint density at radius 3 is 2.72 bits per heavy atom. The van der Waals surface area contributed by atoms with Gasteiger partial charge in [0.2, 0.25) is 11.8 Å². The van der Waals surface area contributed by atoms with Crippen molar-refractivity contribution in [2.24, 2.45) is 0 Å². The van der Waals surface area contributed by atoms with E-state index in [1.807, 2.05) is 6.07 Å². The number of carbonyl (C=O) groups excluding carboxylic acids is 4. The third-order valence-corrected chi connectivity index (χ3v) is 4.98. The van der Waals surface area contributed by atoms with Crippen LogP contribution in [-0.2, 0) is 22.7 Å².